The third-order valence-electron chi connectivity index (χ3n) is 21.7. The Kier molecular flexibility index (Phi) is 28.2. The lowest BCUT2D eigenvalue weighted by Gasteiger charge is -2.29. The van der Waals surface area contributed by atoms with Crippen LogP contribution in [0.1, 0.15) is 197 Å². The van der Waals surface area contributed by atoms with Crippen molar-refractivity contribution in [1.29, 1.82) is 0 Å². The lowest BCUT2D eigenvalue weighted by atomic mass is 9.90. The summed E-state index contributed by atoms with van der Waals surface area (Å²) in [6.45, 7) is 18.8. The minimum Gasteiger partial charge on any atom is -0.460 e. The van der Waals surface area contributed by atoms with Crippen molar-refractivity contribution in [2.24, 2.45) is 34.5 Å². The Morgan fingerprint density at radius 3 is 1.46 bits per heavy atom. The van der Waals surface area contributed by atoms with Crippen LogP contribution in [0.2, 0.25) is 5.28 Å². The molecule has 4 amide bonds. The van der Waals surface area contributed by atoms with E-state index in [4.69, 9.17) is 30.8 Å². The van der Waals surface area contributed by atoms with Gasteiger partial charge in [0.2, 0.25) is 28.9 Å². The standard InChI is InChI=1S/C41H55N7O8S.C27H43N3O8S.C14H13ClN4/c1-26(2)48-32-17-13-16-30(31-24-42-18-19-43-31)36(32)44-39(48)55-29-21-33-34(49)23-41(38(52)45-57(53,54)46(6)7)22-28(41)15-12-10-8-9-11-14-27(37(51)47(33)25-29)20-35(50)56-40(3,4)5;1-26(2,3)38-23(33)13-18-11-9-7-6-8-10-12-19-15-27(19,25(35)28-39(36,37)29(4)5)16-22(32)21-14-20(31)17-30(21)24(18)34;1-9(2)19-12-5-3-4-10(13(12)18-14(19)15)11-8-16-6-7-17-11/h12-13,15-19,24,26-29,33H,8-11,14,20-23,25H2,1-7H3,(H,45,52);10,12,18-21,31H,6-9,11,13-17H2,1-5H3,(H,28,35);3-9H,1-2H3/b15-12-;12-10-;/t27-,28-,29-,33+,41-;18-,19-,20-,21+,27-;/m11./s1. The quantitative estimate of drug-likeness (QED) is 0.0598. The lowest BCUT2D eigenvalue weighted by Crippen LogP contribution is -2.47. The number of ether oxygens (including phenoxy) is 3. The largest absolute Gasteiger partial charge is 0.460 e. The number of amides is 4. The van der Waals surface area contributed by atoms with Crippen molar-refractivity contribution in [3.63, 3.8) is 0 Å². The Bertz CT molecular complexity index is 4850. The zero-order chi connectivity index (χ0) is 83.9. The van der Waals surface area contributed by atoms with Gasteiger partial charge in [0.25, 0.3) is 6.01 Å². The molecule has 33 heteroatoms. The number of fused-ring (bicyclic) bond motifs is 6. The molecule has 4 aromatic heterocycles. The average molecular weight is 1650 g/mol. The number of aliphatic hydroxyl groups is 1. The maximum atomic E-state index is 14.7. The van der Waals surface area contributed by atoms with Crippen molar-refractivity contribution in [3.05, 3.63) is 103 Å². The number of hydrogen-bond donors (Lipinski definition) is 3. The number of aromatic nitrogens is 8. The number of Topliss-reactive ketones (excluding diaryl/α,β-unsaturated/α-hetero) is 2. The molecule has 3 N–H and O–H groups in total. The first-order valence-corrected chi connectivity index (χ1v) is 42.9. The van der Waals surface area contributed by atoms with Crippen LogP contribution < -0.4 is 14.2 Å². The third-order valence-corrected chi connectivity index (χ3v) is 24.8. The predicted molar refractivity (Wildman–Crippen MR) is 432 cm³/mol. The number of rotatable bonds is 16. The Morgan fingerprint density at radius 1 is 0.600 bits per heavy atom. The maximum Gasteiger partial charge on any atom is 0.307 e. The van der Waals surface area contributed by atoms with E-state index in [2.05, 4.69) is 48.2 Å². The van der Waals surface area contributed by atoms with Crippen LogP contribution >= 0.6 is 11.6 Å². The zero-order valence-corrected chi connectivity index (χ0v) is 70.7. The highest BCUT2D eigenvalue weighted by molar-refractivity contribution is 7.88. The molecule has 2 saturated heterocycles. The smallest absolute Gasteiger partial charge is 0.307 e. The topological polar surface area (TPSA) is 377 Å². The summed E-state index contributed by atoms with van der Waals surface area (Å²) in [6, 6.07) is 10.3. The summed E-state index contributed by atoms with van der Waals surface area (Å²) in [5.41, 5.74) is 2.53. The number of nitrogens with zero attached hydrogens (tertiary/aromatic N) is 12. The van der Waals surface area contributed by atoms with E-state index in [0.29, 0.717) is 61.0 Å². The van der Waals surface area contributed by atoms with E-state index in [1.807, 2.05) is 83.7 Å². The number of para-hydroxylation sites is 2. The molecule has 624 valence electrons. The normalized spacial score (nSPS) is 25.1. The molecule has 4 aliphatic heterocycles. The van der Waals surface area contributed by atoms with E-state index >= 15 is 0 Å². The third kappa shape index (κ3) is 21.6. The van der Waals surface area contributed by atoms with Gasteiger partial charge in [-0.15, -0.1) is 0 Å². The molecule has 0 radical (unpaired) electrons. The Balaban J connectivity index is 0.000000206. The number of allylic oxidation sites excluding steroid dienone is 4. The molecule has 10 atom stereocenters. The molecule has 2 aromatic carbocycles. The summed E-state index contributed by atoms with van der Waals surface area (Å²) in [6.07, 6.45) is 23.0. The summed E-state index contributed by atoms with van der Waals surface area (Å²) in [5, 5.41) is 10.9. The minimum absolute atomic E-state index is 0.0257. The number of imidazole rings is 2. The van der Waals surface area contributed by atoms with Gasteiger partial charge in [0, 0.05) is 120 Å². The molecule has 0 spiro atoms. The highest BCUT2D eigenvalue weighted by Crippen LogP contribution is 2.58. The van der Waals surface area contributed by atoms with Gasteiger partial charge in [0.1, 0.15) is 22.8 Å². The van der Waals surface area contributed by atoms with Crippen molar-refractivity contribution in [3.8, 4) is 28.5 Å². The van der Waals surface area contributed by atoms with Crippen LogP contribution in [-0.2, 0) is 68.2 Å². The summed E-state index contributed by atoms with van der Waals surface area (Å²) in [7, 11) is -2.95. The average Bonchev–Trinajstić information content (AvgIpc) is 1.58. The molecule has 115 heavy (non-hydrogen) atoms. The molecule has 2 aliphatic carbocycles. The van der Waals surface area contributed by atoms with E-state index in [9.17, 15) is 60.3 Å². The molecule has 6 aromatic rings. The van der Waals surface area contributed by atoms with Crippen molar-refractivity contribution < 1.29 is 74.5 Å². The van der Waals surface area contributed by atoms with Gasteiger partial charge in [-0.05, 0) is 156 Å². The fraction of sp³-hybridized carbons (Fsp3) is 0.585. The second-order valence-corrected chi connectivity index (χ2v) is 38.0. The first-order chi connectivity index (χ1) is 54.1. The van der Waals surface area contributed by atoms with E-state index in [1.54, 1.807) is 78.7 Å². The number of nitrogens with one attached hydrogen (secondary N) is 2. The van der Waals surface area contributed by atoms with Gasteiger partial charge in [0.15, 0.2) is 11.6 Å². The SMILES string of the molecule is CC(C)n1c(Cl)nc2c(-c3cnccn3)cccc21.CC(C)n1c(O[C@@H]2C[C@H]3C(=O)C[C@]4(C(=O)NS(=O)(=O)N(C)C)C[C@H]4/C=C\CCCCC[C@H](CC(=O)OC(C)(C)C)C(=O)N3C2)nc2c(-c3cnccn3)cccc21.CN(C)S(=O)(=O)NC(=O)[C@]12CC(=O)[C@@H]3C[C@@H](O)CN3C(=O)[C@@H](CC(=O)OC(C)(C)C)CCCCC/C=C\[C@@H]1C2. The molecule has 30 nitrogen and oxygen atoms in total. The predicted octanol–water partition coefficient (Wildman–Crippen LogP) is 10.6. The van der Waals surface area contributed by atoms with Crippen molar-refractivity contribution in [2.75, 3.05) is 41.3 Å². The van der Waals surface area contributed by atoms with Gasteiger partial charge in [-0.25, -0.2) is 14.4 Å². The van der Waals surface area contributed by atoms with Gasteiger partial charge in [-0.2, -0.15) is 30.4 Å². The van der Waals surface area contributed by atoms with Crippen molar-refractivity contribution in [1.82, 2.24) is 66.9 Å². The van der Waals surface area contributed by atoms with Crippen LogP contribution in [0, 0.1) is 34.5 Å². The summed E-state index contributed by atoms with van der Waals surface area (Å²) < 4.78 is 78.1. The Labute approximate surface area is 678 Å². The molecule has 0 bridgehead atoms. The van der Waals surface area contributed by atoms with Crippen LogP contribution in [0.15, 0.2) is 97.9 Å². The van der Waals surface area contributed by atoms with Crippen molar-refractivity contribution >= 4 is 101 Å². The zero-order valence-electron chi connectivity index (χ0n) is 68.3. The van der Waals surface area contributed by atoms with Gasteiger partial charge in [-0.3, -0.25) is 62.9 Å². The molecule has 4 fully saturated rings. The maximum absolute atomic E-state index is 14.7. The fourth-order valence-electron chi connectivity index (χ4n) is 15.7. The minimum atomic E-state index is -4.13. The molecule has 0 unspecified atom stereocenters. The molecule has 6 aliphatic rings. The van der Waals surface area contributed by atoms with E-state index in [1.165, 1.54) is 38.0 Å². The number of halogens is 1. The van der Waals surface area contributed by atoms with Crippen LogP contribution in [0.5, 0.6) is 6.01 Å². The van der Waals surface area contributed by atoms with Gasteiger partial charge < -0.3 is 33.7 Å². The highest BCUT2D eigenvalue weighted by Gasteiger charge is 2.63. The van der Waals surface area contributed by atoms with Crippen LogP contribution in [0.3, 0.4) is 0 Å². The fourth-order valence-corrected chi connectivity index (χ4v) is 17.3. The second-order valence-electron chi connectivity index (χ2n) is 33.9. The Hall–Kier alpha value is -8.95. The number of benzene rings is 2. The first-order valence-electron chi connectivity index (χ1n) is 39.6. The van der Waals surface area contributed by atoms with Gasteiger partial charge in [0.05, 0.1) is 88.7 Å². The van der Waals surface area contributed by atoms with Gasteiger partial charge in [-0.1, -0.05) is 74.3 Å². The first kappa shape index (κ1) is 88.4. The molecule has 2 saturated carbocycles. The van der Waals surface area contributed by atoms with Crippen LogP contribution in [-0.4, -0.2) is 203 Å². The van der Waals surface area contributed by atoms with Crippen molar-refractivity contribution in [2.45, 2.75) is 232 Å². The monoisotopic (exact) mass is 1650 g/mol. The molecule has 8 heterocycles. The summed E-state index contributed by atoms with van der Waals surface area (Å²) in [4.78, 5) is 139. The number of hydrogen-bond acceptors (Lipinski definition) is 22. The second kappa shape index (κ2) is 36.7. The van der Waals surface area contributed by atoms with Crippen LogP contribution in [0.4, 0.5) is 0 Å². The number of carbonyl (C=O) groups is 8. The van der Waals surface area contributed by atoms with E-state index in [-0.39, 0.29) is 93.1 Å². The number of ketones is 2. The number of aliphatic hydroxyl groups excluding tert-OH is 1. The highest BCUT2D eigenvalue weighted by atomic mass is 35.5. The van der Waals surface area contributed by atoms with E-state index in [0.717, 1.165) is 80.5 Å². The molecule has 12 rings (SSSR count). The lowest BCUT2D eigenvalue weighted by molar-refractivity contribution is -0.159. The summed E-state index contributed by atoms with van der Waals surface area (Å²) >= 11 is 6.24. The van der Waals surface area contributed by atoms with Crippen LogP contribution in [0.25, 0.3) is 44.6 Å². The molecular formula is C82H111ClN14O16S2. The number of esters is 2. The Morgan fingerprint density at radius 2 is 1.03 bits per heavy atom. The molecular weight excluding hydrogens is 1540 g/mol. The van der Waals surface area contributed by atoms with E-state index < -0.39 is 108 Å². The summed E-state index contributed by atoms with van der Waals surface area (Å²) in [5.74, 6) is -6.13. The number of carbonyl (C=O) groups excluding carboxylic acids is 8. The van der Waals surface area contributed by atoms with Gasteiger partial charge >= 0.3 is 32.4 Å².